The SMILES string of the molecule is Cc1ccc(CC(Cc2csc(C)n2)NN)cc1. The summed E-state index contributed by atoms with van der Waals surface area (Å²) in [6, 6.07) is 8.82. The first-order chi connectivity index (χ1) is 8.67. The number of thiazole rings is 1. The minimum Gasteiger partial charge on any atom is -0.271 e. The van der Waals surface area contributed by atoms with Crippen LogP contribution in [0.15, 0.2) is 29.6 Å². The number of hydrazine groups is 1. The quantitative estimate of drug-likeness (QED) is 0.642. The van der Waals surface area contributed by atoms with Gasteiger partial charge in [0.25, 0.3) is 0 Å². The van der Waals surface area contributed by atoms with Crippen molar-refractivity contribution in [2.45, 2.75) is 32.7 Å². The average Bonchev–Trinajstić information content (AvgIpc) is 2.77. The standard InChI is InChI=1S/C14H19N3S/c1-10-3-5-12(6-4-10)7-13(17-15)8-14-9-18-11(2)16-14/h3-6,9,13,17H,7-8,15H2,1-2H3. The van der Waals surface area contributed by atoms with Crippen LogP contribution < -0.4 is 11.3 Å². The van der Waals surface area contributed by atoms with Crippen LogP contribution in [0.1, 0.15) is 21.8 Å². The lowest BCUT2D eigenvalue weighted by Gasteiger charge is -2.14. The molecule has 0 saturated heterocycles. The molecule has 96 valence electrons. The van der Waals surface area contributed by atoms with Gasteiger partial charge in [-0.3, -0.25) is 11.3 Å². The van der Waals surface area contributed by atoms with E-state index in [9.17, 15) is 0 Å². The van der Waals surface area contributed by atoms with Gasteiger partial charge in [-0.15, -0.1) is 11.3 Å². The molecule has 18 heavy (non-hydrogen) atoms. The van der Waals surface area contributed by atoms with Crippen molar-refractivity contribution in [3.8, 4) is 0 Å². The molecule has 1 aromatic heterocycles. The number of nitrogens with one attached hydrogen (secondary N) is 1. The Labute approximate surface area is 112 Å². The van der Waals surface area contributed by atoms with E-state index < -0.39 is 0 Å². The van der Waals surface area contributed by atoms with E-state index >= 15 is 0 Å². The van der Waals surface area contributed by atoms with E-state index in [1.54, 1.807) is 11.3 Å². The summed E-state index contributed by atoms with van der Waals surface area (Å²) in [6.45, 7) is 4.12. The predicted molar refractivity (Wildman–Crippen MR) is 76.5 cm³/mol. The zero-order chi connectivity index (χ0) is 13.0. The third kappa shape index (κ3) is 3.63. The second-order valence-electron chi connectivity index (χ2n) is 4.62. The Balaban J connectivity index is 1.99. The Morgan fingerprint density at radius 3 is 2.50 bits per heavy atom. The molecule has 0 radical (unpaired) electrons. The van der Waals surface area contributed by atoms with Crippen molar-refractivity contribution in [1.29, 1.82) is 0 Å². The topological polar surface area (TPSA) is 50.9 Å². The van der Waals surface area contributed by atoms with Crippen LogP contribution in [0.4, 0.5) is 0 Å². The highest BCUT2D eigenvalue weighted by Gasteiger charge is 2.10. The van der Waals surface area contributed by atoms with Crippen molar-refractivity contribution in [2.24, 2.45) is 5.84 Å². The Kier molecular flexibility index (Phi) is 4.47. The van der Waals surface area contributed by atoms with Crippen LogP contribution in [0.3, 0.4) is 0 Å². The maximum atomic E-state index is 5.63. The summed E-state index contributed by atoms with van der Waals surface area (Å²) in [6.07, 6.45) is 1.79. The molecule has 1 atom stereocenters. The van der Waals surface area contributed by atoms with E-state index in [1.807, 2.05) is 6.92 Å². The van der Waals surface area contributed by atoms with E-state index in [2.05, 4.69) is 47.0 Å². The van der Waals surface area contributed by atoms with Gasteiger partial charge in [-0.05, 0) is 25.8 Å². The maximum Gasteiger partial charge on any atom is 0.0897 e. The molecule has 0 aliphatic heterocycles. The summed E-state index contributed by atoms with van der Waals surface area (Å²) in [5, 5.41) is 3.21. The number of hydrogen-bond acceptors (Lipinski definition) is 4. The summed E-state index contributed by atoms with van der Waals surface area (Å²) in [5.74, 6) is 5.63. The molecule has 2 rings (SSSR count). The van der Waals surface area contributed by atoms with Crippen LogP contribution >= 0.6 is 11.3 Å². The number of benzene rings is 1. The van der Waals surface area contributed by atoms with E-state index in [-0.39, 0.29) is 6.04 Å². The van der Waals surface area contributed by atoms with Crippen LogP contribution in [0.25, 0.3) is 0 Å². The normalized spacial score (nSPS) is 12.6. The van der Waals surface area contributed by atoms with Crippen LogP contribution in [0.5, 0.6) is 0 Å². The highest BCUT2D eigenvalue weighted by molar-refractivity contribution is 7.09. The van der Waals surface area contributed by atoms with Gasteiger partial charge in [0.15, 0.2) is 0 Å². The molecular formula is C14H19N3S. The number of nitrogens with zero attached hydrogens (tertiary/aromatic N) is 1. The molecule has 4 heteroatoms. The molecule has 2 aromatic rings. The molecular weight excluding hydrogens is 242 g/mol. The lowest BCUT2D eigenvalue weighted by Crippen LogP contribution is -2.38. The van der Waals surface area contributed by atoms with Crippen LogP contribution in [-0.2, 0) is 12.8 Å². The molecule has 0 spiro atoms. The van der Waals surface area contributed by atoms with E-state index in [1.165, 1.54) is 11.1 Å². The molecule has 3 N–H and O–H groups in total. The fraction of sp³-hybridized carbons (Fsp3) is 0.357. The Morgan fingerprint density at radius 2 is 1.94 bits per heavy atom. The number of nitrogens with two attached hydrogens (primary N) is 1. The maximum absolute atomic E-state index is 5.63. The molecule has 0 bridgehead atoms. The molecule has 0 aliphatic rings. The highest BCUT2D eigenvalue weighted by atomic mass is 32.1. The zero-order valence-electron chi connectivity index (χ0n) is 10.8. The molecule has 1 aromatic carbocycles. The number of aromatic nitrogens is 1. The number of rotatable bonds is 5. The van der Waals surface area contributed by atoms with Gasteiger partial charge in [-0.25, -0.2) is 4.98 Å². The van der Waals surface area contributed by atoms with Gasteiger partial charge in [0.2, 0.25) is 0 Å². The molecule has 0 fully saturated rings. The fourth-order valence-electron chi connectivity index (χ4n) is 1.95. The second kappa shape index (κ2) is 6.09. The first-order valence-corrected chi connectivity index (χ1v) is 6.98. The van der Waals surface area contributed by atoms with Crippen molar-refractivity contribution >= 4 is 11.3 Å². The summed E-state index contributed by atoms with van der Waals surface area (Å²) in [5.41, 5.74) is 6.59. The molecule has 3 nitrogen and oxygen atoms in total. The first kappa shape index (κ1) is 13.2. The molecule has 1 heterocycles. The second-order valence-corrected chi connectivity index (χ2v) is 5.68. The minimum atomic E-state index is 0.231. The monoisotopic (exact) mass is 261 g/mol. The van der Waals surface area contributed by atoms with Crippen LogP contribution in [-0.4, -0.2) is 11.0 Å². The summed E-state index contributed by atoms with van der Waals surface area (Å²) in [4.78, 5) is 4.48. The zero-order valence-corrected chi connectivity index (χ0v) is 11.6. The van der Waals surface area contributed by atoms with E-state index in [0.29, 0.717) is 0 Å². The molecule has 1 unspecified atom stereocenters. The smallest absolute Gasteiger partial charge is 0.0897 e. The Morgan fingerprint density at radius 1 is 1.22 bits per heavy atom. The Hall–Kier alpha value is -1.23. The molecule has 0 aliphatic carbocycles. The van der Waals surface area contributed by atoms with Gasteiger partial charge in [0.1, 0.15) is 0 Å². The Bertz CT molecular complexity index is 490. The molecule has 0 saturated carbocycles. The third-order valence-corrected chi connectivity index (χ3v) is 3.78. The van der Waals surface area contributed by atoms with Gasteiger partial charge in [-0.2, -0.15) is 0 Å². The predicted octanol–water partition coefficient (Wildman–Crippen LogP) is 2.38. The number of hydrogen-bond donors (Lipinski definition) is 2. The third-order valence-electron chi connectivity index (χ3n) is 2.96. The minimum absolute atomic E-state index is 0.231. The first-order valence-electron chi connectivity index (χ1n) is 6.10. The molecule has 0 amide bonds. The van der Waals surface area contributed by atoms with Gasteiger partial charge in [-0.1, -0.05) is 29.8 Å². The summed E-state index contributed by atoms with van der Waals surface area (Å²) in [7, 11) is 0. The lowest BCUT2D eigenvalue weighted by molar-refractivity contribution is 0.518. The highest BCUT2D eigenvalue weighted by Crippen LogP contribution is 2.12. The van der Waals surface area contributed by atoms with Crippen molar-refractivity contribution in [3.63, 3.8) is 0 Å². The van der Waals surface area contributed by atoms with E-state index in [0.717, 1.165) is 23.5 Å². The summed E-state index contributed by atoms with van der Waals surface area (Å²) >= 11 is 1.69. The van der Waals surface area contributed by atoms with Crippen molar-refractivity contribution < 1.29 is 0 Å². The van der Waals surface area contributed by atoms with E-state index in [4.69, 9.17) is 5.84 Å². The van der Waals surface area contributed by atoms with Gasteiger partial charge in [0.05, 0.1) is 10.7 Å². The largest absolute Gasteiger partial charge is 0.271 e. The average molecular weight is 261 g/mol. The lowest BCUT2D eigenvalue weighted by atomic mass is 10.0. The van der Waals surface area contributed by atoms with Crippen molar-refractivity contribution in [2.75, 3.05) is 0 Å². The fourth-order valence-corrected chi connectivity index (χ4v) is 2.58. The van der Waals surface area contributed by atoms with Gasteiger partial charge < -0.3 is 0 Å². The van der Waals surface area contributed by atoms with Crippen LogP contribution in [0.2, 0.25) is 0 Å². The number of aryl methyl sites for hydroxylation is 2. The van der Waals surface area contributed by atoms with Crippen molar-refractivity contribution in [3.05, 3.63) is 51.5 Å². The van der Waals surface area contributed by atoms with Crippen molar-refractivity contribution in [1.82, 2.24) is 10.4 Å². The van der Waals surface area contributed by atoms with Gasteiger partial charge >= 0.3 is 0 Å². The summed E-state index contributed by atoms with van der Waals surface area (Å²) < 4.78 is 0. The van der Waals surface area contributed by atoms with Crippen LogP contribution in [0, 0.1) is 13.8 Å². The van der Waals surface area contributed by atoms with Gasteiger partial charge in [0, 0.05) is 17.8 Å².